The zero-order valence-corrected chi connectivity index (χ0v) is 13.9. The number of hydrogen-bond acceptors (Lipinski definition) is 4. The average Bonchev–Trinajstić information content (AvgIpc) is 3.07. The van der Waals surface area contributed by atoms with E-state index >= 15 is 0 Å². The fourth-order valence-electron chi connectivity index (χ4n) is 2.71. The SMILES string of the molecule is COC1(c2nc(C3CC3)c(CNC(C)(C)C)s2)CCC1. The first-order valence-corrected chi connectivity index (χ1v) is 8.55. The van der Waals surface area contributed by atoms with E-state index in [1.165, 1.54) is 34.8 Å². The van der Waals surface area contributed by atoms with Crippen LogP contribution < -0.4 is 5.32 Å². The first-order valence-electron chi connectivity index (χ1n) is 7.74. The van der Waals surface area contributed by atoms with Crippen LogP contribution in [0.15, 0.2) is 0 Å². The Balaban J connectivity index is 1.83. The Morgan fingerprint density at radius 2 is 2.05 bits per heavy atom. The summed E-state index contributed by atoms with van der Waals surface area (Å²) in [7, 11) is 1.84. The van der Waals surface area contributed by atoms with E-state index in [9.17, 15) is 0 Å². The second-order valence-electron chi connectivity index (χ2n) is 7.26. The molecule has 0 saturated heterocycles. The van der Waals surface area contributed by atoms with Gasteiger partial charge in [-0.1, -0.05) is 0 Å². The van der Waals surface area contributed by atoms with Crippen LogP contribution in [0.3, 0.4) is 0 Å². The van der Waals surface area contributed by atoms with Crippen molar-refractivity contribution in [3.05, 3.63) is 15.6 Å². The van der Waals surface area contributed by atoms with E-state index in [1.807, 2.05) is 18.4 Å². The minimum atomic E-state index is -0.0612. The minimum Gasteiger partial charge on any atom is -0.371 e. The molecule has 0 bridgehead atoms. The highest BCUT2D eigenvalue weighted by Crippen LogP contribution is 2.49. The molecule has 3 rings (SSSR count). The van der Waals surface area contributed by atoms with E-state index in [1.54, 1.807) is 0 Å². The molecular weight excluding hydrogens is 268 g/mol. The van der Waals surface area contributed by atoms with Crippen molar-refractivity contribution in [2.75, 3.05) is 7.11 Å². The number of aromatic nitrogens is 1. The maximum Gasteiger partial charge on any atom is 0.125 e. The molecule has 1 N–H and O–H groups in total. The molecule has 2 fully saturated rings. The molecule has 4 heteroatoms. The second-order valence-corrected chi connectivity index (χ2v) is 8.34. The van der Waals surface area contributed by atoms with Gasteiger partial charge in [-0.25, -0.2) is 4.98 Å². The van der Waals surface area contributed by atoms with Gasteiger partial charge < -0.3 is 10.1 Å². The third kappa shape index (κ3) is 2.78. The van der Waals surface area contributed by atoms with Gasteiger partial charge in [-0.3, -0.25) is 0 Å². The molecular formula is C16H26N2OS. The van der Waals surface area contributed by atoms with Gasteiger partial charge in [0.1, 0.15) is 10.6 Å². The van der Waals surface area contributed by atoms with Crippen molar-refractivity contribution in [2.24, 2.45) is 0 Å². The average molecular weight is 294 g/mol. The number of nitrogens with one attached hydrogen (secondary N) is 1. The maximum atomic E-state index is 5.80. The predicted octanol–water partition coefficient (Wildman–Crippen LogP) is 3.93. The summed E-state index contributed by atoms with van der Waals surface area (Å²) >= 11 is 1.88. The zero-order valence-electron chi connectivity index (χ0n) is 13.1. The van der Waals surface area contributed by atoms with Gasteiger partial charge >= 0.3 is 0 Å². The summed E-state index contributed by atoms with van der Waals surface area (Å²) in [5.74, 6) is 0.714. The summed E-state index contributed by atoms with van der Waals surface area (Å²) in [6.45, 7) is 7.59. The summed E-state index contributed by atoms with van der Waals surface area (Å²) < 4.78 is 5.80. The van der Waals surface area contributed by atoms with E-state index in [0.717, 1.165) is 19.4 Å². The molecule has 3 nitrogen and oxygen atoms in total. The molecule has 0 aromatic carbocycles. The van der Waals surface area contributed by atoms with Crippen LogP contribution >= 0.6 is 11.3 Å². The fraction of sp³-hybridized carbons (Fsp3) is 0.812. The molecule has 2 aliphatic carbocycles. The van der Waals surface area contributed by atoms with E-state index in [2.05, 4.69) is 26.1 Å². The normalized spacial score (nSPS) is 21.8. The van der Waals surface area contributed by atoms with Gasteiger partial charge in [0.25, 0.3) is 0 Å². The topological polar surface area (TPSA) is 34.1 Å². The summed E-state index contributed by atoms with van der Waals surface area (Å²) in [5.41, 5.74) is 1.44. The highest BCUT2D eigenvalue weighted by atomic mass is 32.1. The largest absolute Gasteiger partial charge is 0.371 e. The number of thiazole rings is 1. The van der Waals surface area contributed by atoms with Gasteiger partial charge in [-0.2, -0.15) is 0 Å². The third-order valence-corrected chi connectivity index (χ3v) is 5.67. The van der Waals surface area contributed by atoms with Crippen molar-refractivity contribution in [3.63, 3.8) is 0 Å². The molecule has 0 radical (unpaired) electrons. The Morgan fingerprint density at radius 1 is 1.35 bits per heavy atom. The van der Waals surface area contributed by atoms with Crippen molar-refractivity contribution >= 4 is 11.3 Å². The molecule has 20 heavy (non-hydrogen) atoms. The van der Waals surface area contributed by atoms with Crippen LogP contribution in [0.1, 0.15) is 74.4 Å². The molecule has 1 heterocycles. The Hall–Kier alpha value is -0.450. The Bertz CT molecular complexity index is 476. The van der Waals surface area contributed by atoms with Crippen LogP contribution in [0.25, 0.3) is 0 Å². The van der Waals surface area contributed by atoms with Crippen LogP contribution in [0.5, 0.6) is 0 Å². The van der Waals surface area contributed by atoms with Crippen LogP contribution in [-0.4, -0.2) is 17.6 Å². The lowest BCUT2D eigenvalue weighted by Gasteiger charge is -2.38. The number of ether oxygens (including phenoxy) is 1. The summed E-state index contributed by atoms with van der Waals surface area (Å²) in [4.78, 5) is 6.42. The van der Waals surface area contributed by atoms with Gasteiger partial charge in [0.05, 0.1) is 5.69 Å². The zero-order chi connectivity index (χ0) is 14.4. The highest BCUT2D eigenvalue weighted by Gasteiger charge is 2.43. The van der Waals surface area contributed by atoms with E-state index in [0.29, 0.717) is 5.92 Å². The highest BCUT2D eigenvalue weighted by molar-refractivity contribution is 7.11. The molecule has 0 spiro atoms. The molecule has 2 aliphatic rings. The maximum absolute atomic E-state index is 5.80. The van der Waals surface area contributed by atoms with Gasteiger partial charge in [-0.05, 0) is 52.9 Å². The third-order valence-electron chi connectivity index (χ3n) is 4.41. The molecule has 112 valence electrons. The molecule has 2 saturated carbocycles. The summed E-state index contributed by atoms with van der Waals surface area (Å²) in [5, 5.41) is 4.83. The smallest absolute Gasteiger partial charge is 0.125 e. The van der Waals surface area contributed by atoms with Crippen LogP contribution in [0.4, 0.5) is 0 Å². The lowest BCUT2D eigenvalue weighted by atomic mass is 9.80. The predicted molar refractivity (Wildman–Crippen MR) is 83.2 cm³/mol. The molecule has 0 amide bonds. The van der Waals surface area contributed by atoms with Crippen LogP contribution in [0.2, 0.25) is 0 Å². The van der Waals surface area contributed by atoms with Gasteiger partial charge in [0.15, 0.2) is 0 Å². The summed E-state index contributed by atoms with van der Waals surface area (Å²) in [6, 6.07) is 0. The van der Waals surface area contributed by atoms with Gasteiger partial charge in [-0.15, -0.1) is 11.3 Å². The number of hydrogen-bond donors (Lipinski definition) is 1. The van der Waals surface area contributed by atoms with Crippen molar-refractivity contribution < 1.29 is 4.74 Å². The van der Waals surface area contributed by atoms with Gasteiger partial charge in [0, 0.05) is 30.0 Å². The van der Waals surface area contributed by atoms with E-state index < -0.39 is 0 Å². The van der Waals surface area contributed by atoms with E-state index in [4.69, 9.17) is 9.72 Å². The first-order chi connectivity index (χ1) is 9.43. The molecule has 1 aromatic rings. The lowest BCUT2D eigenvalue weighted by Crippen LogP contribution is -2.36. The van der Waals surface area contributed by atoms with Crippen LogP contribution in [-0.2, 0) is 16.9 Å². The Kier molecular flexibility index (Phi) is 3.68. The second kappa shape index (κ2) is 5.08. The Labute approximate surface area is 126 Å². The fourth-order valence-corrected chi connectivity index (χ4v) is 4.02. The van der Waals surface area contributed by atoms with Crippen LogP contribution in [0, 0.1) is 0 Å². The van der Waals surface area contributed by atoms with Crippen molar-refractivity contribution in [3.8, 4) is 0 Å². The quantitative estimate of drug-likeness (QED) is 0.893. The molecule has 0 unspecified atom stereocenters. The van der Waals surface area contributed by atoms with Crippen molar-refractivity contribution in [1.82, 2.24) is 10.3 Å². The van der Waals surface area contributed by atoms with Crippen molar-refractivity contribution in [2.45, 2.75) is 76.5 Å². The standard InChI is InChI=1S/C16H26N2OS/c1-15(2,3)17-10-12-13(11-6-7-11)18-14(20-12)16(19-4)8-5-9-16/h11,17H,5-10H2,1-4H3. The lowest BCUT2D eigenvalue weighted by molar-refractivity contribution is -0.0780. The Morgan fingerprint density at radius 3 is 2.50 bits per heavy atom. The van der Waals surface area contributed by atoms with E-state index in [-0.39, 0.29) is 11.1 Å². The minimum absolute atomic E-state index is 0.0612. The number of methoxy groups -OCH3 is 1. The van der Waals surface area contributed by atoms with Crippen molar-refractivity contribution in [1.29, 1.82) is 0 Å². The van der Waals surface area contributed by atoms with Gasteiger partial charge in [0.2, 0.25) is 0 Å². The molecule has 0 atom stereocenters. The number of nitrogens with zero attached hydrogens (tertiary/aromatic N) is 1. The first kappa shape index (κ1) is 14.5. The molecule has 0 aliphatic heterocycles. The number of rotatable bonds is 5. The summed E-state index contributed by atoms with van der Waals surface area (Å²) in [6.07, 6.45) is 6.15. The monoisotopic (exact) mass is 294 g/mol. The molecule has 1 aromatic heterocycles.